The monoisotopic (exact) mass is 336 g/mol. The first-order chi connectivity index (χ1) is 11.6. The van der Waals surface area contributed by atoms with Crippen molar-refractivity contribution in [3.05, 3.63) is 17.5 Å². The van der Waals surface area contributed by atoms with E-state index < -0.39 is 0 Å². The molecule has 1 amide bonds. The van der Waals surface area contributed by atoms with Gasteiger partial charge in [0.05, 0.1) is 25.5 Å². The van der Waals surface area contributed by atoms with Crippen LogP contribution in [0.4, 0.5) is 0 Å². The zero-order valence-electron chi connectivity index (χ0n) is 14.7. The first-order valence-electron chi connectivity index (χ1n) is 8.81. The van der Waals surface area contributed by atoms with E-state index in [1.165, 1.54) is 0 Å². The number of nitrogens with one attached hydrogen (secondary N) is 1. The standard InChI is InChI=1S/C17H28N4O3/c1-13-9-14(2)21(19-13)11-17(22)18-10-16(15-3-6-24-12-15)20-4-7-23-8-5-20/h9,15-16H,3-8,10-12H2,1-2H3,(H,18,22). The topological polar surface area (TPSA) is 68.6 Å². The molecule has 1 aromatic rings. The SMILES string of the molecule is Cc1cc(C)n(CC(=O)NCC(C2CCOC2)N2CCOCC2)n1. The van der Waals surface area contributed by atoms with E-state index in [9.17, 15) is 4.79 Å². The molecule has 0 spiro atoms. The number of hydrogen-bond acceptors (Lipinski definition) is 5. The molecule has 7 nitrogen and oxygen atoms in total. The van der Waals surface area contributed by atoms with Gasteiger partial charge in [-0.15, -0.1) is 0 Å². The highest BCUT2D eigenvalue weighted by atomic mass is 16.5. The number of carbonyl (C=O) groups is 1. The van der Waals surface area contributed by atoms with E-state index in [1.54, 1.807) is 4.68 Å². The number of morpholine rings is 1. The van der Waals surface area contributed by atoms with Gasteiger partial charge in [-0.05, 0) is 26.3 Å². The first kappa shape index (κ1) is 17.4. The van der Waals surface area contributed by atoms with E-state index in [0.29, 0.717) is 18.5 Å². The van der Waals surface area contributed by atoms with Gasteiger partial charge in [0.25, 0.3) is 0 Å². The third kappa shape index (κ3) is 4.34. The van der Waals surface area contributed by atoms with E-state index in [1.807, 2.05) is 19.9 Å². The fourth-order valence-electron chi connectivity index (χ4n) is 3.60. The number of aromatic nitrogens is 2. The number of nitrogens with zero attached hydrogens (tertiary/aromatic N) is 3. The lowest BCUT2D eigenvalue weighted by Crippen LogP contribution is -2.52. The Balaban J connectivity index is 1.55. The Morgan fingerprint density at radius 3 is 2.75 bits per heavy atom. The second kappa shape index (κ2) is 8.09. The van der Waals surface area contributed by atoms with Crippen LogP contribution < -0.4 is 5.32 Å². The normalized spacial score (nSPS) is 23.3. The van der Waals surface area contributed by atoms with E-state index in [4.69, 9.17) is 9.47 Å². The summed E-state index contributed by atoms with van der Waals surface area (Å²) in [5.41, 5.74) is 1.95. The summed E-state index contributed by atoms with van der Waals surface area (Å²) in [6.07, 6.45) is 1.06. The highest BCUT2D eigenvalue weighted by Gasteiger charge is 2.31. The van der Waals surface area contributed by atoms with Crippen LogP contribution in [-0.4, -0.2) is 72.7 Å². The average Bonchev–Trinajstić information content (AvgIpc) is 3.19. The van der Waals surface area contributed by atoms with Crippen LogP contribution in [-0.2, 0) is 20.8 Å². The summed E-state index contributed by atoms with van der Waals surface area (Å²) < 4.78 is 12.8. The lowest BCUT2D eigenvalue weighted by Gasteiger charge is -2.37. The molecule has 2 atom stereocenters. The van der Waals surface area contributed by atoms with Gasteiger partial charge in [-0.1, -0.05) is 0 Å². The van der Waals surface area contributed by atoms with Crippen molar-refractivity contribution in [2.45, 2.75) is 32.9 Å². The molecule has 2 unspecified atom stereocenters. The minimum Gasteiger partial charge on any atom is -0.381 e. The maximum atomic E-state index is 12.3. The van der Waals surface area contributed by atoms with Gasteiger partial charge in [0.1, 0.15) is 6.54 Å². The molecule has 1 aromatic heterocycles. The second-order valence-corrected chi connectivity index (χ2v) is 6.73. The molecule has 134 valence electrons. The molecule has 7 heteroatoms. The van der Waals surface area contributed by atoms with E-state index in [0.717, 1.165) is 57.3 Å². The summed E-state index contributed by atoms with van der Waals surface area (Å²) in [6.45, 7) is 9.84. The number of amides is 1. The fraction of sp³-hybridized carbons (Fsp3) is 0.765. The molecule has 2 saturated heterocycles. The van der Waals surface area contributed by atoms with Crippen molar-refractivity contribution in [1.82, 2.24) is 20.0 Å². The summed E-state index contributed by atoms with van der Waals surface area (Å²) >= 11 is 0. The Bertz CT molecular complexity index is 548. The molecule has 0 bridgehead atoms. The zero-order valence-corrected chi connectivity index (χ0v) is 14.7. The van der Waals surface area contributed by atoms with Crippen LogP contribution in [0.3, 0.4) is 0 Å². The van der Waals surface area contributed by atoms with Crippen LogP contribution in [0.1, 0.15) is 17.8 Å². The van der Waals surface area contributed by atoms with Crippen molar-refractivity contribution in [3.8, 4) is 0 Å². The molecular formula is C17H28N4O3. The minimum absolute atomic E-state index is 0.0124. The van der Waals surface area contributed by atoms with Crippen molar-refractivity contribution in [1.29, 1.82) is 0 Å². The minimum atomic E-state index is 0.0124. The van der Waals surface area contributed by atoms with Gasteiger partial charge in [0.2, 0.25) is 5.91 Å². The molecule has 2 aliphatic rings. The van der Waals surface area contributed by atoms with Gasteiger partial charge in [-0.25, -0.2) is 0 Å². The van der Waals surface area contributed by atoms with Gasteiger partial charge >= 0.3 is 0 Å². The maximum Gasteiger partial charge on any atom is 0.241 e. The van der Waals surface area contributed by atoms with Crippen LogP contribution in [0, 0.1) is 19.8 Å². The Morgan fingerprint density at radius 1 is 1.33 bits per heavy atom. The molecule has 3 heterocycles. The second-order valence-electron chi connectivity index (χ2n) is 6.73. The molecule has 3 rings (SSSR count). The molecule has 0 aliphatic carbocycles. The maximum absolute atomic E-state index is 12.3. The number of carbonyl (C=O) groups excluding carboxylic acids is 1. The predicted molar refractivity (Wildman–Crippen MR) is 89.8 cm³/mol. The van der Waals surface area contributed by atoms with Gasteiger partial charge in [-0.2, -0.15) is 5.10 Å². The van der Waals surface area contributed by atoms with Gasteiger partial charge in [0, 0.05) is 43.9 Å². The summed E-state index contributed by atoms with van der Waals surface area (Å²) in [5, 5.41) is 7.46. The Morgan fingerprint density at radius 2 is 2.12 bits per heavy atom. The highest BCUT2D eigenvalue weighted by molar-refractivity contribution is 5.75. The van der Waals surface area contributed by atoms with E-state index >= 15 is 0 Å². The van der Waals surface area contributed by atoms with Crippen LogP contribution in [0.15, 0.2) is 6.07 Å². The van der Waals surface area contributed by atoms with Crippen LogP contribution in [0.25, 0.3) is 0 Å². The highest BCUT2D eigenvalue weighted by Crippen LogP contribution is 2.21. The van der Waals surface area contributed by atoms with E-state index in [-0.39, 0.29) is 12.5 Å². The van der Waals surface area contributed by atoms with Crippen molar-refractivity contribution in [2.75, 3.05) is 46.1 Å². The number of hydrogen-bond donors (Lipinski definition) is 1. The predicted octanol–water partition coefficient (Wildman–Crippen LogP) is 0.353. The number of rotatable bonds is 6. The average molecular weight is 336 g/mol. The van der Waals surface area contributed by atoms with Crippen LogP contribution in [0.2, 0.25) is 0 Å². The summed E-state index contributed by atoms with van der Waals surface area (Å²) in [4.78, 5) is 14.8. The quantitative estimate of drug-likeness (QED) is 0.812. The van der Waals surface area contributed by atoms with Crippen molar-refractivity contribution in [3.63, 3.8) is 0 Å². The Labute approximate surface area is 143 Å². The molecule has 24 heavy (non-hydrogen) atoms. The lowest BCUT2D eigenvalue weighted by atomic mass is 9.97. The largest absolute Gasteiger partial charge is 0.381 e. The number of aryl methyl sites for hydroxylation is 2. The number of ether oxygens (including phenoxy) is 2. The summed E-state index contributed by atoms with van der Waals surface area (Å²) in [5.74, 6) is 0.496. The van der Waals surface area contributed by atoms with Gasteiger partial charge in [-0.3, -0.25) is 14.4 Å². The van der Waals surface area contributed by atoms with Gasteiger partial charge in [0.15, 0.2) is 0 Å². The Hall–Kier alpha value is -1.44. The fourth-order valence-corrected chi connectivity index (χ4v) is 3.60. The van der Waals surface area contributed by atoms with E-state index in [2.05, 4.69) is 15.3 Å². The third-order valence-electron chi connectivity index (χ3n) is 4.93. The van der Waals surface area contributed by atoms with Gasteiger partial charge < -0.3 is 14.8 Å². The first-order valence-corrected chi connectivity index (χ1v) is 8.81. The lowest BCUT2D eigenvalue weighted by molar-refractivity contribution is -0.122. The molecule has 0 aromatic carbocycles. The molecule has 2 aliphatic heterocycles. The van der Waals surface area contributed by atoms with Crippen molar-refractivity contribution >= 4 is 5.91 Å². The third-order valence-corrected chi connectivity index (χ3v) is 4.93. The van der Waals surface area contributed by atoms with Crippen molar-refractivity contribution < 1.29 is 14.3 Å². The van der Waals surface area contributed by atoms with Crippen LogP contribution >= 0.6 is 0 Å². The molecule has 0 radical (unpaired) electrons. The Kier molecular flexibility index (Phi) is 5.86. The molecular weight excluding hydrogens is 308 g/mol. The zero-order chi connectivity index (χ0) is 16.9. The summed E-state index contributed by atoms with van der Waals surface area (Å²) in [6, 6.07) is 2.31. The van der Waals surface area contributed by atoms with Crippen molar-refractivity contribution in [2.24, 2.45) is 5.92 Å². The summed E-state index contributed by atoms with van der Waals surface area (Å²) in [7, 11) is 0. The molecule has 2 fully saturated rings. The smallest absolute Gasteiger partial charge is 0.241 e. The molecule has 0 saturated carbocycles. The molecule has 1 N–H and O–H groups in total. The van der Waals surface area contributed by atoms with Crippen LogP contribution in [0.5, 0.6) is 0 Å².